The van der Waals surface area contributed by atoms with Gasteiger partial charge in [-0.3, -0.25) is 4.79 Å². The van der Waals surface area contributed by atoms with Gasteiger partial charge in [-0.15, -0.1) is 0 Å². The minimum absolute atomic E-state index is 0.128. The Kier molecular flexibility index (Phi) is 4.81. The number of carbonyl (C=O) groups is 1. The molecule has 3 heteroatoms. The summed E-state index contributed by atoms with van der Waals surface area (Å²) in [6.07, 6.45) is 3.67. The van der Waals surface area contributed by atoms with Crippen molar-refractivity contribution in [1.82, 2.24) is 5.32 Å². The van der Waals surface area contributed by atoms with E-state index in [0.29, 0.717) is 12.5 Å². The van der Waals surface area contributed by atoms with E-state index in [-0.39, 0.29) is 11.4 Å². The highest BCUT2D eigenvalue weighted by Gasteiger charge is 2.31. The predicted molar refractivity (Wildman–Crippen MR) is 80.7 cm³/mol. The van der Waals surface area contributed by atoms with Crippen LogP contribution in [0.1, 0.15) is 56.7 Å². The van der Waals surface area contributed by atoms with Crippen LogP contribution >= 0.6 is 0 Å². The second kappa shape index (κ2) is 6.40. The van der Waals surface area contributed by atoms with Gasteiger partial charge in [0.1, 0.15) is 0 Å². The Morgan fingerprint density at radius 3 is 2.90 bits per heavy atom. The number of hydrogen-bond acceptors (Lipinski definition) is 3. The summed E-state index contributed by atoms with van der Waals surface area (Å²) in [4.78, 5) is 11.1. The molecule has 2 rings (SSSR count). The van der Waals surface area contributed by atoms with Gasteiger partial charge >= 0.3 is 5.97 Å². The van der Waals surface area contributed by atoms with Gasteiger partial charge in [-0.25, -0.2) is 0 Å². The Morgan fingerprint density at radius 1 is 1.40 bits per heavy atom. The van der Waals surface area contributed by atoms with Crippen molar-refractivity contribution in [2.45, 2.75) is 51.0 Å². The molecular formula is C17H25NO2. The number of carbonyl (C=O) groups excluding carboxylic acids is 1. The second-order valence-electron chi connectivity index (χ2n) is 6.20. The summed E-state index contributed by atoms with van der Waals surface area (Å²) in [5.74, 6) is -0.128. The van der Waals surface area contributed by atoms with Gasteiger partial charge in [-0.2, -0.15) is 0 Å². The second-order valence-corrected chi connectivity index (χ2v) is 6.20. The molecule has 0 radical (unpaired) electrons. The van der Waals surface area contributed by atoms with E-state index < -0.39 is 0 Å². The molecule has 1 aromatic carbocycles. The number of methoxy groups -OCH3 is 1. The van der Waals surface area contributed by atoms with E-state index in [0.717, 1.165) is 19.4 Å². The molecule has 0 spiro atoms. The first-order valence-electron chi connectivity index (χ1n) is 7.44. The number of rotatable bonds is 5. The van der Waals surface area contributed by atoms with E-state index in [1.54, 1.807) is 0 Å². The monoisotopic (exact) mass is 275 g/mol. The number of benzene rings is 1. The average molecular weight is 275 g/mol. The zero-order valence-corrected chi connectivity index (χ0v) is 12.7. The Bertz CT molecular complexity index is 468. The normalized spacial score (nSPS) is 20.2. The lowest BCUT2D eigenvalue weighted by Gasteiger charge is -2.37. The minimum Gasteiger partial charge on any atom is -0.469 e. The number of hydrogen-bond donors (Lipinski definition) is 1. The van der Waals surface area contributed by atoms with E-state index in [2.05, 4.69) is 48.2 Å². The van der Waals surface area contributed by atoms with E-state index in [1.807, 2.05) is 0 Å². The van der Waals surface area contributed by atoms with Gasteiger partial charge in [0.15, 0.2) is 0 Å². The maximum atomic E-state index is 11.1. The van der Waals surface area contributed by atoms with Crippen LogP contribution in [-0.4, -0.2) is 19.6 Å². The molecule has 3 nitrogen and oxygen atoms in total. The highest BCUT2D eigenvalue weighted by atomic mass is 16.5. The molecule has 110 valence electrons. The third-order valence-corrected chi connectivity index (χ3v) is 4.30. The van der Waals surface area contributed by atoms with E-state index in [9.17, 15) is 4.79 Å². The molecule has 0 saturated carbocycles. The van der Waals surface area contributed by atoms with Crippen molar-refractivity contribution in [2.75, 3.05) is 13.7 Å². The summed E-state index contributed by atoms with van der Waals surface area (Å²) in [6, 6.07) is 9.13. The maximum absolute atomic E-state index is 11.1. The average Bonchev–Trinajstić information content (AvgIpc) is 2.45. The summed E-state index contributed by atoms with van der Waals surface area (Å²) in [5.41, 5.74) is 3.14. The molecule has 1 aliphatic rings. The molecule has 0 saturated heterocycles. The SMILES string of the molecule is COC(=O)CCCNC1CCC(C)(C)c2ccccc21. The lowest BCUT2D eigenvalue weighted by molar-refractivity contribution is -0.140. The highest BCUT2D eigenvalue weighted by Crippen LogP contribution is 2.41. The molecule has 0 aromatic heterocycles. The molecule has 1 aliphatic carbocycles. The van der Waals surface area contributed by atoms with Gasteiger partial charge in [0.25, 0.3) is 0 Å². The third-order valence-electron chi connectivity index (χ3n) is 4.30. The summed E-state index contributed by atoms with van der Waals surface area (Å²) in [6.45, 7) is 5.49. The molecule has 0 bridgehead atoms. The first-order valence-corrected chi connectivity index (χ1v) is 7.44. The minimum atomic E-state index is -0.128. The van der Waals surface area contributed by atoms with Crippen LogP contribution in [0.4, 0.5) is 0 Å². The van der Waals surface area contributed by atoms with Crippen LogP contribution in [0, 0.1) is 0 Å². The topological polar surface area (TPSA) is 38.3 Å². The molecule has 20 heavy (non-hydrogen) atoms. The van der Waals surface area contributed by atoms with Gasteiger partial charge in [0.2, 0.25) is 0 Å². The van der Waals surface area contributed by atoms with Gasteiger partial charge in [0.05, 0.1) is 7.11 Å². The molecule has 0 aliphatic heterocycles. The van der Waals surface area contributed by atoms with Crippen molar-refractivity contribution < 1.29 is 9.53 Å². The van der Waals surface area contributed by atoms with Crippen LogP contribution in [0.15, 0.2) is 24.3 Å². The summed E-state index contributed by atoms with van der Waals surface area (Å²) < 4.78 is 4.66. The van der Waals surface area contributed by atoms with Crippen LogP contribution in [-0.2, 0) is 14.9 Å². The quantitative estimate of drug-likeness (QED) is 0.661. The van der Waals surface area contributed by atoms with Crippen LogP contribution in [0.2, 0.25) is 0 Å². The molecule has 1 atom stereocenters. The van der Waals surface area contributed by atoms with Gasteiger partial charge in [-0.05, 0) is 42.3 Å². The van der Waals surface area contributed by atoms with Crippen molar-refractivity contribution in [3.63, 3.8) is 0 Å². The van der Waals surface area contributed by atoms with Crippen LogP contribution < -0.4 is 5.32 Å². The summed E-state index contributed by atoms with van der Waals surface area (Å²) in [5, 5.41) is 3.59. The van der Waals surface area contributed by atoms with Crippen molar-refractivity contribution in [3.8, 4) is 0 Å². The Labute approximate surface area is 121 Å². The van der Waals surface area contributed by atoms with Gasteiger partial charge in [0, 0.05) is 12.5 Å². The molecular weight excluding hydrogens is 250 g/mol. The Balaban J connectivity index is 1.95. The van der Waals surface area contributed by atoms with Crippen molar-refractivity contribution in [3.05, 3.63) is 35.4 Å². The molecule has 0 fully saturated rings. The third kappa shape index (κ3) is 3.40. The highest BCUT2D eigenvalue weighted by molar-refractivity contribution is 5.69. The lowest BCUT2D eigenvalue weighted by Crippen LogP contribution is -2.33. The Morgan fingerprint density at radius 2 is 2.15 bits per heavy atom. The molecule has 0 amide bonds. The first-order chi connectivity index (χ1) is 9.54. The predicted octanol–water partition coefficient (Wildman–Crippen LogP) is 3.34. The zero-order valence-electron chi connectivity index (χ0n) is 12.7. The summed E-state index contributed by atoms with van der Waals surface area (Å²) >= 11 is 0. The fourth-order valence-electron chi connectivity index (χ4n) is 3.04. The number of nitrogens with one attached hydrogen (secondary N) is 1. The zero-order chi connectivity index (χ0) is 14.6. The van der Waals surface area contributed by atoms with E-state index >= 15 is 0 Å². The number of esters is 1. The van der Waals surface area contributed by atoms with Gasteiger partial charge < -0.3 is 10.1 Å². The number of fused-ring (bicyclic) bond motifs is 1. The van der Waals surface area contributed by atoms with Crippen LogP contribution in [0.25, 0.3) is 0 Å². The van der Waals surface area contributed by atoms with E-state index in [4.69, 9.17) is 0 Å². The molecule has 0 heterocycles. The van der Waals surface area contributed by atoms with Crippen LogP contribution in [0.5, 0.6) is 0 Å². The van der Waals surface area contributed by atoms with Gasteiger partial charge in [-0.1, -0.05) is 38.1 Å². The lowest BCUT2D eigenvalue weighted by atomic mass is 9.71. The standard InChI is InChI=1S/C17H25NO2/c1-17(2)11-10-15(13-7-4-5-8-14(13)17)18-12-6-9-16(19)20-3/h4-5,7-8,15,18H,6,9-12H2,1-3H3. The number of ether oxygens (including phenoxy) is 1. The van der Waals surface area contributed by atoms with Crippen molar-refractivity contribution >= 4 is 5.97 Å². The van der Waals surface area contributed by atoms with Crippen molar-refractivity contribution in [2.24, 2.45) is 0 Å². The van der Waals surface area contributed by atoms with E-state index in [1.165, 1.54) is 24.7 Å². The molecule has 1 N–H and O–H groups in total. The Hall–Kier alpha value is -1.35. The summed E-state index contributed by atoms with van der Waals surface area (Å²) in [7, 11) is 1.44. The molecule has 1 aromatic rings. The van der Waals surface area contributed by atoms with Crippen LogP contribution in [0.3, 0.4) is 0 Å². The first kappa shape index (κ1) is 15.0. The van der Waals surface area contributed by atoms with Crippen molar-refractivity contribution in [1.29, 1.82) is 0 Å². The largest absolute Gasteiger partial charge is 0.469 e. The molecule has 1 unspecified atom stereocenters. The smallest absolute Gasteiger partial charge is 0.305 e. The maximum Gasteiger partial charge on any atom is 0.305 e. The fraction of sp³-hybridized carbons (Fsp3) is 0.588. The fourth-order valence-corrected chi connectivity index (χ4v) is 3.04.